The van der Waals surface area contributed by atoms with Crippen molar-refractivity contribution in [2.24, 2.45) is 5.73 Å². The molecule has 5 nitrogen and oxygen atoms in total. The smallest absolute Gasteiger partial charge is 0.231 e. The van der Waals surface area contributed by atoms with E-state index in [0.717, 1.165) is 29.9 Å². The van der Waals surface area contributed by atoms with Crippen molar-refractivity contribution >= 4 is 5.91 Å². The highest BCUT2D eigenvalue weighted by molar-refractivity contribution is 5.76. The van der Waals surface area contributed by atoms with Crippen LogP contribution in [-0.4, -0.2) is 28.6 Å². The molecule has 1 aromatic carbocycles. The molecule has 122 valence electrons. The van der Waals surface area contributed by atoms with Crippen molar-refractivity contribution in [1.29, 1.82) is 0 Å². The number of carbonyl (C=O) groups excluding carboxylic acids is 1. The Kier molecular flexibility index (Phi) is 4.76. The van der Waals surface area contributed by atoms with Crippen molar-refractivity contribution in [3.63, 3.8) is 0 Å². The van der Waals surface area contributed by atoms with Gasteiger partial charge in [-0.2, -0.15) is 0 Å². The second-order valence-corrected chi connectivity index (χ2v) is 6.35. The van der Waals surface area contributed by atoms with Gasteiger partial charge in [0.05, 0.1) is 13.1 Å². The maximum absolute atomic E-state index is 11.3. The van der Waals surface area contributed by atoms with Crippen LogP contribution in [0.5, 0.6) is 0 Å². The summed E-state index contributed by atoms with van der Waals surface area (Å²) >= 11 is 0. The molecule has 1 aliphatic rings. The molecule has 0 atom stereocenters. The van der Waals surface area contributed by atoms with Crippen LogP contribution in [0.4, 0.5) is 0 Å². The minimum Gasteiger partial charge on any atom is -0.369 e. The molecule has 1 aromatic heterocycles. The number of aryl methyl sites for hydroxylation is 1. The minimum absolute atomic E-state index is 0.269. The third kappa shape index (κ3) is 3.99. The summed E-state index contributed by atoms with van der Waals surface area (Å²) < 4.78 is 5.48. The van der Waals surface area contributed by atoms with Crippen molar-refractivity contribution < 1.29 is 9.32 Å². The highest BCUT2D eigenvalue weighted by Crippen LogP contribution is 2.26. The Labute approximate surface area is 136 Å². The Morgan fingerprint density at radius 3 is 2.65 bits per heavy atom. The van der Waals surface area contributed by atoms with Gasteiger partial charge in [0.15, 0.2) is 5.76 Å². The van der Waals surface area contributed by atoms with E-state index in [1.807, 2.05) is 18.2 Å². The van der Waals surface area contributed by atoms with Crippen LogP contribution in [-0.2, 0) is 11.3 Å². The first-order chi connectivity index (χ1) is 11.1. The maximum Gasteiger partial charge on any atom is 0.231 e. The maximum atomic E-state index is 11.3. The lowest BCUT2D eigenvalue weighted by Gasteiger charge is -2.26. The van der Waals surface area contributed by atoms with E-state index in [0.29, 0.717) is 12.6 Å². The first-order valence-electron chi connectivity index (χ1n) is 8.17. The van der Waals surface area contributed by atoms with Gasteiger partial charge in [-0.25, -0.2) is 0 Å². The number of rotatable bonds is 6. The third-order valence-electron chi connectivity index (χ3n) is 4.47. The van der Waals surface area contributed by atoms with E-state index in [-0.39, 0.29) is 12.5 Å². The normalized spacial score (nSPS) is 15.4. The lowest BCUT2D eigenvalue weighted by Crippen LogP contribution is -2.39. The molecule has 1 aliphatic carbocycles. The largest absolute Gasteiger partial charge is 0.369 e. The van der Waals surface area contributed by atoms with Crippen LogP contribution in [0.2, 0.25) is 0 Å². The number of carbonyl (C=O) groups is 1. The Morgan fingerprint density at radius 1 is 1.30 bits per heavy atom. The van der Waals surface area contributed by atoms with E-state index >= 15 is 0 Å². The molecule has 0 aliphatic heterocycles. The average molecular weight is 313 g/mol. The van der Waals surface area contributed by atoms with Crippen LogP contribution >= 0.6 is 0 Å². The first-order valence-corrected chi connectivity index (χ1v) is 8.17. The number of hydrogen-bond acceptors (Lipinski definition) is 4. The molecule has 23 heavy (non-hydrogen) atoms. The molecule has 2 aromatic rings. The molecule has 5 heteroatoms. The topological polar surface area (TPSA) is 72.4 Å². The molecular weight excluding hydrogens is 290 g/mol. The van der Waals surface area contributed by atoms with E-state index < -0.39 is 0 Å². The molecule has 2 N–H and O–H groups in total. The van der Waals surface area contributed by atoms with Gasteiger partial charge in [-0.3, -0.25) is 9.69 Å². The highest BCUT2D eigenvalue weighted by Gasteiger charge is 2.25. The second kappa shape index (κ2) is 6.96. The monoisotopic (exact) mass is 313 g/mol. The summed E-state index contributed by atoms with van der Waals surface area (Å²) in [5, 5.41) is 4.16. The predicted molar refractivity (Wildman–Crippen MR) is 88.5 cm³/mol. The van der Waals surface area contributed by atoms with Crippen LogP contribution < -0.4 is 5.73 Å². The van der Waals surface area contributed by atoms with E-state index in [2.05, 4.69) is 29.1 Å². The lowest BCUT2D eigenvalue weighted by molar-refractivity contribution is -0.119. The van der Waals surface area contributed by atoms with Crippen LogP contribution in [0, 0.1) is 6.92 Å². The Morgan fingerprint density at radius 2 is 2.00 bits per heavy atom. The molecule has 0 bridgehead atoms. The Bertz CT molecular complexity index is 657. The van der Waals surface area contributed by atoms with E-state index in [1.165, 1.54) is 18.4 Å². The molecule has 1 heterocycles. The fourth-order valence-corrected chi connectivity index (χ4v) is 3.23. The fourth-order valence-electron chi connectivity index (χ4n) is 3.23. The van der Waals surface area contributed by atoms with E-state index in [9.17, 15) is 4.79 Å². The van der Waals surface area contributed by atoms with Crippen molar-refractivity contribution in [1.82, 2.24) is 10.1 Å². The van der Waals surface area contributed by atoms with Gasteiger partial charge in [-0.15, -0.1) is 0 Å². The predicted octanol–water partition coefficient (Wildman–Crippen LogP) is 2.88. The zero-order valence-electron chi connectivity index (χ0n) is 13.5. The van der Waals surface area contributed by atoms with E-state index in [1.54, 1.807) is 0 Å². The molecule has 0 unspecified atom stereocenters. The fraction of sp³-hybridized carbons (Fsp3) is 0.444. The van der Waals surface area contributed by atoms with Gasteiger partial charge in [0.1, 0.15) is 5.69 Å². The molecule has 0 saturated heterocycles. The molecule has 0 radical (unpaired) electrons. The van der Waals surface area contributed by atoms with Crippen LogP contribution in [0.15, 0.2) is 34.9 Å². The van der Waals surface area contributed by atoms with Gasteiger partial charge in [-0.05, 0) is 19.8 Å². The quantitative estimate of drug-likeness (QED) is 0.890. The Balaban J connectivity index is 1.73. The minimum atomic E-state index is -0.296. The van der Waals surface area contributed by atoms with Gasteiger partial charge in [0, 0.05) is 17.7 Å². The zero-order valence-corrected chi connectivity index (χ0v) is 13.5. The van der Waals surface area contributed by atoms with Crippen molar-refractivity contribution in [3.8, 4) is 11.3 Å². The number of amides is 1. The highest BCUT2D eigenvalue weighted by atomic mass is 16.5. The summed E-state index contributed by atoms with van der Waals surface area (Å²) in [7, 11) is 0. The first kappa shape index (κ1) is 15.7. The summed E-state index contributed by atoms with van der Waals surface area (Å²) in [6, 6.07) is 10.6. The summed E-state index contributed by atoms with van der Waals surface area (Å²) in [4.78, 5) is 13.5. The van der Waals surface area contributed by atoms with Crippen LogP contribution in [0.3, 0.4) is 0 Å². The van der Waals surface area contributed by atoms with E-state index in [4.69, 9.17) is 10.3 Å². The molecule has 0 spiro atoms. The number of aromatic nitrogens is 1. The number of benzene rings is 1. The number of nitrogens with two attached hydrogens (primary N) is 1. The average Bonchev–Trinajstić information content (AvgIpc) is 3.18. The summed E-state index contributed by atoms with van der Waals surface area (Å²) in [6.45, 7) is 2.90. The van der Waals surface area contributed by atoms with Gasteiger partial charge in [-0.1, -0.05) is 47.8 Å². The molecular formula is C18H23N3O2. The SMILES string of the molecule is Cc1ccc(-c2cc(CN(CC(N)=O)C3CCCC3)on2)cc1. The van der Waals surface area contributed by atoms with Crippen molar-refractivity contribution in [2.45, 2.75) is 45.2 Å². The number of hydrogen-bond donors (Lipinski definition) is 1. The van der Waals surface area contributed by atoms with Gasteiger partial charge in [0.2, 0.25) is 5.91 Å². The van der Waals surface area contributed by atoms with Crippen LogP contribution in [0.25, 0.3) is 11.3 Å². The summed E-state index contributed by atoms with van der Waals surface area (Å²) in [5.74, 6) is 0.476. The van der Waals surface area contributed by atoms with Crippen molar-refractivity contribution in [3.05, 3.63) is 41.7 Å². The number of primary amides is 1. The lowest BCUT2D eigenvalue weighted by atomic mass is 10.1. The van der Waals surface area contributed by atoms with Gasteiger partial charge in [0.25, 0.3) is 0 Å². The molecule has 1 amide bonds. The van der Waals surface area contributed by atoms with Gasteiger partial charge >= 0.3 is 0 Å². The second-order valence-electron chi connectivity index (χ2n) is 6.35. The standard InChI is InChI=1S/C18H23N3O2/c1-13-6-8-14(9-7-13)17-10-16(23-20-17)11-21(12-18(19)22)15-4-2-3-5-15/h6-10,15H,2-5,11-12H2,1H3,(H2,19,22). The summed E-state index contributed by atoms with van der Waals surface area (Å²) in [6.07, 6.45) is 4.66. The summed E-state index contributed by atoms with van der Waals surface area (Å²) in [5.41, 5.74) is 8.47. The Hall–Kier alpha value is -2.14. The molecule has 1 saturated carbocycles. The van der Waals surface area contributed by atoms with Gasteiger partial charge < -0.3 is 10.3 Å². The molecule has 1 fully saturated rings. The molecule has 3 rings (SSSR count). The van der Waals surface area contributed by atoms with Crippen molar-refractivity contribution in [2.75, 3.05) is 6.54 Å². The third-order valence-corrected chi connectivity index (χ3v) is 4.47. The van der Waals surface area contributed by atoms with Crippen LogP contribution in [0.1, 0.15) is 37.0 Å². The zero-order chi connectivity index (χ0) is 16.2. The number of nitrogens with zero attached hydrogens (tertiary/aromatic N) is 2.